The molecule has 1 aromatic rings. The number of carbonyl (C=O) groups is 1. The van der Waals surface area contributed by atoms with Gasteiger partial charge >= 0.3 is 6.18 Å². The van der Waals surface area contributed by atoms with Crippen molar-refractivity contribution >= 4 is 34.0 Å². The Bertz CT molecular complexity index is 675. The topological polar surface area (TPSA) is 87.3 Å². The molecule has 0 spiro atoms. The number of benzene rings is 1. The van der Waals surface area contributed by atoms with E-state index in [1.54, 1.807) is 0 Å². The molecule has 1 unspecified atom stereocenters. The van der Waals surface area contributed by atoms with Gasteiger partial charge in [0, 0.05) is 12.2 Å². The third-order valence-electron chi connectivity index (χ3n) is 3.56. The normalized spacial score (nSPS) is 18.3. The number of amides is 1. The van der Waals surface area contributed by atoms with Crippen molar-refractivity contribution in [1.29, 1.82) is 0 Å². The lowest BCUT2D eigenvalue weighted by Crippen LogP contribution is -2.37. The standard InChI is InChI=1S/C14H18F3N3O3S.ClH/c15-14(16,17)9-19-24(22,23)12-5-3-11(4-6-12)20-13(21)10-2-1-7-18-8-10;/h3-6,10,18-19H,1-2,7-9H2,(H,20,21);1H. The molecule has 1 heterocycles. The van der Waals surface area contributed by atoms with Gasteiger partial charge in [0.2, 0.25) is 15.9 Å². The van der Waals surface area contributed by atoms with Gasteiger partial charge < -0.3 is 10.6 Å². The molecule has 11 heteroatoms. The van der Waals surface area contributed by atoms with Crippen LogP contribution in [0.2, 0.25) is 0 Å². The van der Waals surface area contributed by atoms with E-state index in [2.05, 4.69) is 10.6 Å². The summed E-state index contributed by atoms with van der Waals surface area (Å²) in [7, 11) is -4.25. The largest absolute Gasteiger partial charge is 0.402 e. The van der Waals surface area contributed by atoms with Crippen molar-refractivity contribution in [1.82, 2.24) is 10.0 Å². The Morgan fingerprint density at radius 1 is 1.24 bits per heavy atom. The number of carbonyl (C=O) groups excluding carboxylic acids is 1. The van der Waals surface area contributed by atoms with E-state index < -0.39 is 22.7 Å². The van der Waals surface area contributed by atoms with Crippen LogP contribution in [0.25, 0.3) is 0 Å². The third kappa shape index (κ3) is 6.81. The molecule has 6 nitrogen and oxygen atoms in total. The molecule has 0 aromatic heterocycles. The van der Waals surface area contributed by atoms with Crippen molar-refractivity contribution in [3.8, 4) is 0 Å². The van der Waals surface area contributed by atoms with Gasteiger partial charge in [-0.3, -0.25) is 4.79 Å². The van der Waals surface area contributed by atoms with Crippen LogP contribution in [-0.2, 0) is 14.8 Å². The molecule has 1 aromatic carbocycles. The number of anilines is 1. The summed E-state index contributed by atoms with van der Waals surface area (Å²) in [4.78, 5) is 11.8. The van der Waals surface area contributed by atoms with Gasteiger partial charge in [-0.2, -0.15) is 13.2 Å². The van der Waals surface area contributed by atoms with Crippen molar-refractivity contribution in [2.24, 2.45) is 5.92 Å². The van der Waals surface area contributed by atoms with Crippen LogP contribution >= 0.6 is 12.4 Å². The number of hydrogen-bond acceptors (Lipinski definition) is 4. The summed E-state index contributed by atoms with van der Waals surface area (Å²) in [6, 6.07) is 4.98. The summed E-state index contributed by atoms with van der Waals surface area (Å²) in [6.45, 7) is -0.177. The Labute approximate surface area is 150 Å². The van der Waals surface area contributed by atoms with Crippen LogP contribution in [0.3, 0.4) is 0 Å². The van der Waals surface area contributed by atoms with Crippen LogP contribution in [0.5, 0.6) is 0 Å². The van der Waals surface area contributed by atoms with E-state index in [1.165, 1.54) is 16.9 Å². The number of nitrogens with one attached hydrogen (secondary N) is 3. The molecule has 2 rings (SSSR count). The smallest absolute Gasteiger partial charge is 0.326 e. The molecule has 1 amide bonds. The van der Waals surface area contributed by atoms with E-state index in [4.69, 9.17) is 0 Å². The number of halogens is 4. The van der Waals surface area contributed by atoms with Gasteiger partial charge in [-0.25, -0.2) is 13.1 Å². The Morgan fingerprint density at radius 2 is 1.88 bits per heavy atom. The highest BCUT2D eigenvalue weighted by Crippen LogP contribution is 2.18. The first-order chi connectivity index (χ1) is 11.2. The van der Waals surface area contributed by atoms with Crippen molar-refractivity contribution in [2.45, 2.75) is 23.9 Å². The highest BCUT2D eigenvalue weighted by molar-refractivity contribution is 7.89. The van der Waals surface area contributed by atoms with Gasteiger partial charge in [-0.15, -0.1) is 12.4 Å². The summed E-state index contributed by atoms with van der Waals surface area (Å²) >= 11 is 0. The molecule has 1 fully saturated rings. The number of alkyl halides is 3. The zero-order chi connectivity index (χ0) is 17.8. The lowest BCUT2D eigenvalue weighted by molar-refractivity contribution is -0.121. The van der Waals surface area contributed by atoms with E-state index >= 15 is 0 Å². The van der Waals surface area contributed by atoms with Gasteiger partial charge in [0.15, 0.2) is 0 Å². The van der Waals surface area contributed by atoms with Crippen LogP contribution in [0.4, 0.5) is 18.9 Å². The molecule has 0 bridgehead atoms. The molecule has 0 saturated carbocycles. The van der Waals surface area contributed by atoms with Crippen LogP contribution in [0.15, 0.2) is 29.2 Å². The van der Waals surface area contributed by atoms with Crippen LogP contribution in [0, 0.1) is 5.92 Å². The summed E-state index contributed by atoms with van der Waals surface area (Å²) in [5.74, 6) is -0.330. The third-order valence-corrected chi connectivity index (χ3v) is 4.98. The highest BCUT2D eigenvalue weighted by Gasteiger charge is 2.30. The Morgan fingerprint density at radius 3 is 2.40 bits per heavy atom. The van der Waals surface area contributed by atoms with Gasteiger partial charge in [0.1, 0.15) is 6.54 Å². The van der Waals surface area contributed by atoms with Gasteiger partial charge in [-0.1, -0.05) is 0 Å². The lowest BCUT2D eigenvalue weighted by Gasteiger charge is -2.21. The minimum Gasteiger partial charge on any atom is -0.326 e. The number of sulfonamides is 1. The molecule has 3 N–H and O–H groups in total. The average Bonchev–Trinajstić information content (AvgIpc) is 2.54. The molecule has 1 saturated heterocycles. The van der Waals surface area contributed by atoms with Crippen molar-refractivity contribution in [2.75, 3.05) is 25.0 Å². The van der Waals surface area contributed by atoms with Crippen LogP contribution in [-0.4, -0.2) is 40.1 Å². The van der Waals surface area contributed by atoms with E-state index in [0.717, 1.165) is 31.5 Å². The fourth-order valence-electron chi connectivity index (χ4n) is 2.30. The minimum absolute atomic E-state index is 0. The van der Waals surface area contributed by atoms with Gasteiger partial charge in [0.25, 0.3) is 0 Å². The van der Waals surface area contributed by atoms with Gasteiger partial charge in [0.05, 0.1) is 10.8 Å². The fourth-order valence-corrected chi connectivity index (χ4v) is 3.31. The zero-order valence-corrected chi connectivity index (χ0v) is 14.7. The summed E-state index contributed by atoms with van der Waals surface area (Å²) in [5, 5.41) is 5.79. The SMILES string of the molecule is Cl.O=C(Nc1ccc(S(=O)(=O)NCC(F)(F)F)cc1)C1CCCNC1. The van der Waals surface area contributed by atoms with Gasteiger partial charge in [-0.05, 0) is 43.7 Å². The Hall–Kier alpha value is -1.36. The summed E-state index contributed by atoms with van der Waals surface area (Å²) in [5.41, 5.74) is 0.389. The maximum Gasteiger partial charge on any atom is 0.402 e. The minimum atomic E-state index is -4.63. The van der Waals surface area contributed by atoms with Crippen molar-refractivity contribution in [3.63, 3.8) is 0 Å². The molecule has 142 valence electrons. The Kier molecular flexibility index (Phi) is 7.66. The molecular formula is C14H19ClF3N3O3S. The number of piperidine rings is 1. The lowest BCUT2D eigenvalue weighted by atomic mass is 9.99. The fraction of sp³-hybridized carbons (Fsp3) is 0.500. The average molecular weight is 402 g/mol. The van der Waals surface area contributed by atoms with Crippen LogP contribution in [0.1, 0.15) is 12.8 Å². The number of hydrogen-bond donors (Lipinski definition) is 3. The first-order valence-corrected chi connectivity index (χ1v) is 8.84. The number of rotatable bonds is 5. The second-order valence-corrected chi connectivity index (χ2v) is 7.26. The summed E-state index contributed by atoms with van der Waals surface area (Å²) in [6.07, 6.45) is -2.96. The monoisotopic (exact) mass is 401 g/mol. The molecule has 1 aliphatic heterocycles. The zero-order valence-electron chi connectivity index (χ0n) is 13.1. The highest BCUT2D eigenvalue weighted by atomic mass is 35.5. The first kappa shape index (κ1) is 21.7. The molecule has 1 aliphatic rings. The maximum atomic E-state index is 12.1. The van der Waals surface area contributed by atoms with E-state index in [-0.39, 0.29) is 29.1 Å². The second kappa shape index (κ2) is 8.84. The Balaban J connectivity index is 0.00000312. The maximum absolute atomic E-state index is 12.1. The quantitative estimate of drug-likeness (QED) is 0.703. The first-order valence-electron chi connectivity index (χ1n) is 7.35. The van der Waals surface area contributed by atoms with Crippen LogP contribution < -0.4 is 15.4 Å². The predicted molar refractivity (Wildman–Crippen MR) is 89.2 cm³/mol. The molecule has 0 aliphatic carbocycles. The van der Waals surface area contributed by atoms with Crippen molar-refractivity contribution in [3.05, 3.63) is 24.3 Å². The molecule has 1 atom stereocenters. The molecule has 25 heavy (non-hydrogen) atoms. The van der Waals surface area contributed by atoms with Crippen molar-refractivity contribution < 1.29 is 26.4 Å². The summed E-state index contributed by atoms with van der Waals surface area (Å²) < 4.78 is 61.3. The predicted octanol–water partition coefficient (Wildman–Crippen LogP) is 1.89. The van der Waals surface area contributed by atoms with E-state index in [0.29, 0.717) is 12.2 Å². The second-order valence-electron chi connectivity index (χ2n) is 5.50. The van der Waals surface area contributed by atoms with E-state index in [1.807, 2.05) is 0 Å². The molecular weight excluding hydrogens is 383 g/mol. The molecule has 0 radical (unpaired) electrons. The van der Waals surface area contributed by atoms with E-state index in [9.17, 15) is 26.4 Å².